The molecule has 4 aromatic carbocycles. The molecular formula is C55H68ClFN6O9S2. The van der Waals surface area contributed by atoms with Gasteiger partial charge in [-0.05, 0) is 131 Å². The number of amides is 5. The number of aldehydes is 2. The molecule has 5 aromatic rings. The van der Waals surface area contributed by atoms with Crippen LogP contribution in [0.1, 0.15) is 105 Å². The molecule has 5 amide bonds. The number of urea groups is 1. The van der Waals surface area contributed by atoms with Crippen LogP contribution in [-0.4, -0.2) is 119 Å². The van der Waals surface area contributed by atoms with Crippen molar-refractivity contribution in [3.05, 3.63) is 105 Å². The average Bonchev–Trinajstić information content (AvgIpc) is 3.72. The molecule has 2 saturated heterocycles. The van der Waals surface area contributed by atoms with Gasteiger partial charge in [0, 0.05) is 66.9 Å². The van der Waals surface area contributed by atoms with Crippen LogP contribution in [0, 0.1) is 6.92 Å². The molecule has 4 N–H and O–H groups in total. The van der Waals surface area contributed by atoms with Crippen LogP contribution in [0.5, 0.6) is 5.75 Å². The second-order valence-electron chi connectivity index (χ2n) is 19.2. The van der Waals surface area contributed by atoms with E-state index in [1.807, 2.05) is 85.5 Å². The molecule has 7 rings (SSSR count). The molecule has 19 heteroatoms. The number of ether oxygens (including phenoxy) is 1. The SMILES string of the molecule is CCCC(C(=O)N(F)C=O)N(C=O)c1ccc(C2CCN(C(=O)Nc3cccc(CSN4C(C)(C)CC(Nc5cccc(-c6sc(C=O)c(OCC=O)c6Cl)c5)CC4(C)C)c3)CC2)c2cccc(C)c12.CO.CO. The summed E-state index contributed by atoms with van der Waals surface area (Å²) >= 11 is 9.69. The maximum Gasteiger partial charge on any atom is 0.321 e. The van der Waals surface area contributed by atoms with Crippen LogP contribution in [0.2, 0.25) is 5.02 Å². The lowest BCUT2D eigenvalue weighted by Gasteiger charge is -2.54. The van der Waals surface area contributed by atoms with E-state index < -0.39 is 17.1 Å². The van der Waals surface area contributed by atoms with E-state index in [1.165, 1.54) is 16.2 Å². The number of likely N-dealkylation sites (tertiary alicyclic amines) is 1. The molecule has 0 bridgehead atoms. The Morgan fingerprint density at radius 3 is 2.22 bits per heavy atom. The standard InChI is InChI=1S/C53H60ClFN6O7S2.2CH4O/c1-7-11-44(50(66)60(55)33-65)59(32-64)43-19-18-41(42-17-8-12-34(2)46(42)43)36-20-22-58(23-21-36)51(67)57-38-15-9-13-35(26-38)31-69-61-52(3,4)28-40(29-53(61,5)6)56-39-16-10-14-37(27-39)49-47(54)48(68-25-24-62)45(30-63)70-49;2*1-2/h8-10,12-19,24,26-27,30,32-33,36,40,44,56H,7,11,20-23,25,28-29,31H2,1-6H3,(H,57,67);2*2H,1H3. The first kappa shape index (κ1) is 59.0. The van der Waals surface area contributed by atoms with Gasteiger partial charge in [-0.2, -0.15) is 0 Å². The van der Waals surface area contributed by atoms with Gasteiger partial charge in [-0.25, -0.2) is 9.10 Å². The zero-order valence-corrected chi connectivity index (χ0v) is 45.6. The van der Waals surface area contributed by atoms with Crippen molar-refractivity contribution in [1.82, 2.24) is 14.3 Å². The predicted molar refractivity (Wildman–Crippen MR) is 295 cm³/mol. The van der Waals surface area contributed by atoms with E-state index in [9.17, 15) is 33.2 Å². The molecule has 1 aromatic heterocycles. The summed E-state index contributed by atoms with van der Waals surface area (Å²) < 4.78 is 22.2. The van der Waals surface area contributed by atoms with Crippen molar-refractivity contribution in [3.63, 3.8) is 0 Å². The summed E-state index contributed by atoms with van der Waals surface area (Å²) in [6.45, 7) is 13.7. The summed E-state index contributed by atoms with van der Waals surface area (Å²) in [7, 11) is 2.00. The van der Waals surface area contributed by atoms with Gasteiger partial charge >= 0.3 is 6.03 Å². The number of imide groups is 1. The Kier molecular flexibility index (Phi) is 21.6. The highest BCUT2D eigenvalue weighted by Crippen LogP contribution is 2.47. The number of rotatable bonds is 19. The number of fused-ring (bicyclic) bond motifs is 1. The Bertz CT molecular complexity index is 2730. The van der Waals surface area contributed by atoms with Crippen LogP contribution in [0.4, 0.5) is 26.3 Å². The van der Waals surface area contributed by atoms with Crippen LogP contribution in [0.25, 0.3) is 21.2 Å². The topological polar surface area (TPSA) is 189 Å². The van der Waals surface area contributed by atoms with E-state index in [0.29, 0.717) is 64.7 Å². The number of aryl methyl sites for hydroxylation is 1. The van der Waals surface area contributed by atoms with E-state index in [0.717, 1.165) is 84.3 Å². The zero-order valence-electron chi connectivity index (χ0n) is 43.2. The van der Waals surface area contributed by atoms with Gasteiger partial charge in [0.25, 0.3) is 5.91 Å². The predicted octanol–water partition coefficient (Wildman–Crippen LogP) is 10.8. The molecule has 398 valence electrons. The lowest BCUT2D eigenvalue weighted by atomic mass is 9.79. The van der Waals surface area contributed by atoms with Crippen LogP contribution < -0.4 is 20.3 Å². The highest BCUT2D eigenvalue weighted by Gasteiger charge is 2.46. The third-order valence-corrected chi connectivity index (χ3v) is 16.6. The Morgan fingerprint density at radius 2 is 1.58 bits per heavy atom. The van der Waals surface area contributed by atoms with Crippen LogP contribution in [0.3, 0.4) is 0 Å². The summed E-state index contributed by atoms with van der Waals surface area (Å²) in [6, 6.07) is 24.4. The molecule has 0 spiro atoms. The van der Waals surface area contributed by atoms with E-state index in [4.69, 9.17) is 26.6 Å². The molecule has 74 heavy (non-hydrogen) atoms. The minimum Gasteiger partial charge on any atom is -0.483 e. The minimum absolute atomic E-state index is 0.123. The van der Waals surface area contributed by atoms with Crippen molar-refractivity contribution in [3.8, 4) is 16.2 Å². The first-order valence-corrected chi connectivity index (χ1v) is 26.6. The number of carbonyl (C=O) groups excluding carboxylic acids is 6. The van der Waals surface area contributed by atoms with Gasteiger partial charge in [0.1, 0.15) is 22.5 Å². The summed E-state index contributed by atoms with van der Waals surface area (Å²) in [5, 5.41) is 22.4. The number of thiophene rings is 1. The highest BCUT2D eigenvalue weighted by atomic mass is 35.5. The van der Waals surface area contributed by atoms with Crippen molar-refractivity contribution >= 4 is 100 Å². The van der Waals surface area contributed by atoms with E-state index in [-0.39, 0.29) is 54.3 Å². The monoisotopic (exact) mass is 1070 g/mol. The number of benzene rings is 4. The smallest absolute Gasteiger partial charge is 0.321 e. The quantitative estimate of drug-likeness (QED) is 0.0348. The number of nitrogens with zero attached hydrogens (tertiary/aromatic N) is 4. The summed E-state index contributed by atoms with van der Waals surface area (Å²) in [5.74, 6) is -0.0345. The number of piperidine rings is 2. The largest absolute Gasteiger partial charge is 0.483 e. The Labute approximate surface area is 446 Å². The maximum atomic E-state index is 14.2. The molecule has 0 aliphatic carbocycles. The van der Waals surface area contributed by atoms with E-state index in [2.05, 4.69) is 48.7 Å². The fourth-order valence-electron chi connectivity index (χ4n) is 10.4. The number of aliphatic hydroxyl groups is 2. The normalized spacial score (nSPS) is 15.8. The molecule has 1 unspecified atom stereocenters. The Hall–Kier alpha value is -5.89. The van der Waals surface area contributed by atoms with Crippen LogP contribution >= 0.6 is 34.9 Å². The van der Waals surface area contributed by atoms with Gasteiger partial charge in [-0.1, -0.05) is 89.9 Å². The van der Waals surface area contributed by atoms with Crippen molar-refractivity contribution in [1.29, 1.82) is 0 Å². The highest BCUT2D eigenvalue weighted by molar-refractivity contribution is 7.96. The number of aliphatic hydroxyl groups excluding tert-OH is 2. The Balaban J connectivity index is 0.00000247. The van der Waals surface area contributed by atoms with Gasteiger partial charge < -0.3 is 35.4 Å². The van der Waals surface area contributed by atoms with Crippen LogP contribution in [0.15, 0.2) is 78.9 Å². The van der Waals surface area contributed by atoms with Gasteiger partial charge in [-0.3, -0.25) is 24.0 Å². The third-order valence-electron chi connectivity index (χ3n) is 13.2. The summed E-state index contributed by atoms with van der Waals surface area (Å²) in [5.41, 5.74) is 5.66. The molecule has 2 aliphatic heterocycles. The van der Waals surface area contributed by atoms with E-state index >= 15 is 0 Å². The fraction of sp³-hybridized carbons (Fsp3) is 0.418. The van der Waals surface area contributed by atoms with Gasteiger partial charge in [0.15, 0.2) is 18.3 Å². The number of hydrogen-bond donors (Lipinski definition) is 4. The van der Waals surface area contributed by atoms with Gasteiger partial charge in [-0.15, -0.1) is 16.5 Å². The lowest BCUT2D eigenvalue weighted by Crippen LogP contribution is -2.59. The molecule has 0 saturated carbocycles. The maximum absolute atomic E-state index is 14.2. The van der Waals surface area contributed by atoms with Crippen molar-refractivity contribution in [2.45, 2.75) is 115 Å². The van der Waals surface area contributed by atoms with Crippen molar-refractivity contribution in [2.75, 3.05) is 49.4 Å². The molecular weight excluding hydrogens is 1010 g/mol. The molecule has 1 atom stereocenters. The summed E-state index contributed by atoms with van der Waals surface area (Å²) in [6.07, 6.45) is 5.51. The zero-order chi connectivity index (χ0) is 54.3. The first-order chi connectivity index (χ1) is 35.5. The second kappa shape index (κ2) is 27.1. The number of hydrogen-bond acceptors (Lipinski definition) is 13. The minimum atomic E-state index is -1.19. The molecule has 0 radical (unpaired) electrons. The Morgan fingerprint density at radius 1 is 0.919 bits per heavy atom. The second-order valence-corrected chi connectivity index (χ2v) is 21.5. The van der Waals surface area contributed by atoms with Crippen molar-refractivity contribution in [2.24, 2.45) is 0 Å². The summed E-state index contributed by atoms with van der Waals surface area (Å²) in [4.78, 5) is 77.2. The number of halogens is 2. The first-order valence-electron chi connectivity index (χ1n) is 24.4. The van der Waals surface area contributed by atoms with Gasteiger partial charge in [0.2, 0.25) is 12.8 Å². The molecule has 3 heterocycles. The molecule has 2 fully saturated rings. The molecule has 15 nitrogen and oxygen atoms in total. The van der Waals surface area contributed by atoms with Crippen molar-refractivity contribution < 1.29 is 48.2 Å². The van der Waals surface area contributed by atoms with Crippen LogP contribution in [-0.2, 0) is 24.9 Å². The molecule has 2 aliphatic rings. The fourth-order valence-corrected chi connectivity index (χ4v) is 13.1. The number of carbonyl (C=O) groups is 6. The van der Waals surface area contributed by atoms with Gasteiger partial charge in [0.05, 0.1) is 10.6 Å². The lowest BCUT2D eigenvalue weighted by molar-refractivity contribution is -0.155. The number of nitrogens with one attached hydrogen (secondary N) is 2. The average molecular weight is 1080 g/mol. The number of anilines is 3. The van der Waals surface area contributed by atoms with E-state index in [1.54, 1.807) is 18.0 Å². The third kappa shape index (κ3) is 13.7.